The van der Waals surface area contributed by atoms with Crippen LogP contribution in [-0.4, -0.2) is 37.0 Å². The smallest absolute Gasteiger partial charge is 0.332 e. The summed E-state index contributed by atoms with van der Waals surface area (Å²) in [6.45, 7) is 4.17. The first-order chi connectivity index (χ1) is 14.8. The van der Waals surface area contributed by atoms with Gasteiger partial charge in [-0.1, -0.05) is 30.3 Å². The number of nitrogens with one attached hydrogen (secondary N) is 1. The van der Waals surface area contributed by atoms with Gasteiger partial charge in [0.25, 0.3) is 5.56 Å². The Labute approximate surface area is 178 Å². The van der Waals surface area contributed by atoms with Gasteiger partial charge in [-0.05, 0) is 25.8 Å². The van der Waals surface area contributed by atoms with E-state index in [4.69, 9.17) is 4.74 Å². The molecule has 0 aliphatic carbocycles. The molecule has 0 fully saturated rings. The number of aromatic nitrogens is 4. The lowest BCUT2D eigenvalue weighted by Gasteiger charge is -2.10. The van der Waals surface area contributed by atoms with Gasteiger partial charge in [-0.15, -0.1) is 0 Å². The number of fused-ring (bicyclic) bond motifs is 1. The number of rotatable bonds is 8. The Bertz CT molecular complexity index is 1240. The second-order valence-corrected chi connectivity index (χ2v) is 7.14. The number of benzene rings is 1. The van der Waals surface area contributed by atoms with E-state index in [0.717, 1.165) is 10.1 Å². The highest BCUT2D eigenvalue weighted by Gasteiger charge is 2.19. The molecule has 0 bridgehead atoms. The van der Waals surface area contributed by atoms with Crippen LogP contribution in [0.4, 0.5) is 5.95 Å². The fourth-order valence-corrected chi connectivity index (χ4v) is 3.24. The van der Waals surface area contributed by atoms with Crippen molar-refractivity contribution in [3.05, 3.63) is 56.7 Å². The molecular weight excluding hydrogens is 400 g/mol. The minimum absolute atomic E-state index is 0.0331. The molecule has 0 aliphatic rings. The molecule has 1 aromatic carbocycles. The van der Waals surface area contributed by atoms with E-state index in [9.17, 15) is 14.4 Å². The third kappa shape index (κ3) is 4.73. The van der Waals surface area contributed by atoms with Crippen molar-refractivity contribution in [2.45, 2.75) is 33.2 Å². The second kappa shape index (κ2) is 9.41. The first-order valence-corrected chi connectivity index (χ1v) is 9.98. The summed E-state index contributed by atoms with van der Waals surface area (Å²) in [5.74, 6) is -0.0631. The quantitative estimate of drug-likeness (QED) is 0.331. The van der Waals surface area contributed by atoms with Crippen molar-refractivity contribution in [1.29, 1.82) is 0 Å². The largest absolute Gasteiger partial charge is 0.466 e. The average Bonchev–Trinajstić information content (AvgIpc) is 3.12. The van der Waals surface area contributed by atoms with Crippen molar-refractivity contribution in [2.24, 2.45) is 19.2 Å². The van der Waals surface area contributed by atoms with E-state index in [1.165, 1.54) is 11.6 Å². The fourth-order valence-electron chi connectivity index (χ4n) is 3.24. The Morgan fingerprint density at radius 2 is 1.87 bits per heavy atom. The highest BCUT2D eigenvalue weighted by molar-refractivity contribution is 5.97. The molecule has 2 heterocycles. The standard InChI is InChI=1S/C21H26N6O4/c1-5-31-16(28)13-14(2)23-24-20-22-18-17(19(29)26(4)21(30)25(18)3)27(20)12-11-15-9-7-6-8-10-15/h6-10H,5,11-13H2,1-4H3,(H,22,24). The number of carbonyl (C=O) groups excluding carboxylic acids is 1. The number of esters is 1. The molecular formula is C21H26N6O4. The molecule has 3 aromatic rings. The Morgan fingerprint density at radius 1 is 1.16 bits per heavy atom. The number of carbonyl (C=O) groups is 1. The maximum Gasteiger partial charge on any atom is 0.332 e. The predicted molar refractivity (Wildman–Crippen MR) is 118 cm³/mol. The molecule has 0 spiro atoms. The van der Waals surface area contributed by atoms with E-state index in [2.05, 4.69) is 15.5 Å². The second-order valence-electron chi connectivity index (χ2n) is 7.14. The molecule has 2 aromatic heterocycles. The number of ether oxygens (including phenoxy) is 1. The first-order valence-electron chi connectivity index (χ1n) is 9.98. The number of nitrogens with zero attached hydrogens (tertiary/aromatic N) is 5. The van der Waals surface area contributed by atoms with Crippen molar-refractivity contribution < 1.29 is 9.53 Å². The van der Waals surface area contributed by atoms with E-state index >= 15 is 0 Å². The summed E-state index contributed by atoms with van der Waals surface area (Å²) in [5, 5.41) is 4.22. The normalized spacial score (nSPS) is 11.7. The zero-order valence-electron chi connectivity index (χ0n) is 18.1. The molecule has 10 heteroatoms. The zero-order valence-corrected chi connectivity index (χ0v) is 18.1. The van der Waals surface area contributed by atoms with Crippen molar-refractivity contribution in [3.63, 3.8) is 0 Å². The summed E-state index contributed by atoms with van der Waals surface area (Å²) in [5.41, 5.74) is 4.13. The Balaban J connectivity index is 2.01. The monoisotopic (exact) mass is 426 g/mol. The van der Waals surface area contributed by atoms with Crippen molar-refractivity contribution in [3.8, 4) is 0 Å². The summed E-state index contributed by atoms with van der Waals surface area (Å²) in [7, 11) is 3.01. The van der Waals surface area contributed by atoms with Crippen LogP contribution >= 0.6 is 0 Å². The molecule has 0 radical (unpaired) electrons. The van der Waals surface area contributed by atoms with Crippen molar-refractivity contribution in [1.82, 2.24) is 18.7 Å². The van der Waals surface area contributed by atoms with Crippen LogP contribution in [0.2, 0.25) is 0 Å². The van der Waals surface area contributed by atoms with Gasteiger partial charge in [0, 0.05) is 26.4 Å². The van der Waals surface area contributed by atoms with Crippen molar-refractivity contribution in [2.75, 3.05) is 12.0 Å². The molecule has 3 rings (SSSR count). The van der Waals surface area contributed by atoms with Gasteiger partial charge < -0.3 is 9.30 Å². The molecule has 0 unspecified atom stereocenters. The zero-order chi connectivity index (χ0) is 22.5. The minimum Gasteiger partial charge on any atom is -0.466 e. The molecule has 0 saturated carbocycles. The molecule has 0 aliphatic heterocycles. The van der Waals surface area contributed by atoms with Crippen LogP contribution in [0.25, 0.3) is 11.2 Å². The Hall–Kier alpha value is -3.69. The van der Waals surface area contributed by atoms with Crippen LogP contribution < -0.4 is 16.7 Å². The van der Waals surface area contributed by atoms with Gasteiger partial charge in [0.1, 0.15) is 0 Å². The van der Waals surface area contributed by atoms with Crippen LogP contribution in [0.1, 0.15) is 25.8 Å². The lowest BCUT2D eigenvalue weighted by atomic mass is 10.1. The van der Waals surface area contributed by atoms with Gasteiger partial charge in [-0.25, -0.2) is 10.2 Å². The average molecular weight is 426 g/mol. The lowest BCUT2D eigenvalue weighted by Crippen LogP contribution is -2.37. The van der Waals surface area contributed by atoms with Gasteiger partial charge in [-0.2, -0.15) is 10.1 Å². The predicted octanol–water partition coefficient (Wildman–Crippen LogP) is 1.42. The van der Waals surface area contributed by atoms with Gasteiger partial charge in [0.05, 0.1) is 13.0 Å². The van der Waals surface area contributed by atoms with Crippen molar-refractivity contribution >= 4 is 28.8 Å². The fraction of sp³-hybridized carbons (Fsp3) is 0.381. The number of aryl methyl sites for hydroxylation is 3. The Kier molecular flexibility index (Phi) is 6.68. The summed E-state index contributed by atoms with van der Waals surface area (Å²) in [6.07, 6.45) is 0.684. The minimum atomic E-state index is -0.459. The van der Waals surface area contributed by atoms with Gasteiger partial charge in [-0.3, -0.25) is 18.7 Å². The summed E-state index contributed by atoms with van der Waals surface area (Å²) in [6, 6.07) is 9.84. The van der Waals surface area contributed by atoms with Crippen LogP contribution in [0.3, 0.4) is 0 Å². The van der Waals surface area contributed by atoms with E-state index in [-0.39, 0.29) is 18.0 Å². The molecule has 0 atom stereocenters. The maximum atomic E-state index is 12.9. The van der Waals surface area contributed by atoms with E-state index in [0.29, 0.717) is 36.7 Å². The van der Waals surface area contributed by atoms with Crippen LogP contribution in [0.15, 0.2) is 45.0 Å². The molecule has 0 saturated heterocycles. The summed E-state index contributed by atoms with van der Waals surface area (Å²) < 4.78 is 9.03. The number of hydrogen-bond acceptors (Lipinski definition) is 7. The molecule has 1 N–H and O–H groups in total. The number of hydrazone groups is 1. The molecule has 10 nitrogen and oxygen atoms in total. The third-order valence-electron chi connectivity index (χ3n) is 4.87. The van der Waals surface area contributed by atoms with E-state index in [1.807, 2.05) is 30.3 Å². The summed E-state index contributed by atoms with van der Waals surface area (Å²) in [4.78, 5) is 41.3. The lowest BCUT2D eigenvalue weighted by molar-refractivity contribution is -0.141. The highest BCUT2D eigenvalue weighted by atomic mass is 16.5. The maximum absolute atomic E-state index is 12.9. The van der Waals surface area contributed by atoms with Crippen LogP contribution in [0, 0.1) is 0 Å². The molecule has 31 heavy (non-hydrogen) atoms. The topological polar surface area (TPSA) is 113 Å². The van der Waals surface area contributed by atoms with E-state index in [1.54, 1.807) is 25.5 Å². The van der Waals surface area contributed by atoms with Crippen LogP contribution in [-0.2, 0) is 36.6 Å². The SMILES string of the molecule is CCOC(=O)CC(C)=NNc1nc2c(c(=O)n(C)c(=O)n2C)n1CCc1ccccc1. The first kappa shape index (κ1) is 22.0. The number of imidazole rings is 1. The van der Waals surface area contributed by atoms with Gasteiger partial charge >= 0.3 is 11.7 Å². The van der Waals surface area contributed by atoms with Gasteiger partial charge in [0.15, 0.2) is 11.2 Å². The molecule has 0 amide bonds. The number of anilines is 1. The van der Waals surface area contributed by atoms with Gasteiger partial charge in [0.2, 0.25) is 5.95 Å². The van der Waals surface area contributed by atoms with Crippen LogP contribution in [0.5, 0.6) is 0 Å². The number of hydrogen-bond donors (Lipinski definition) is 1. The molecule has 164 valence electrons. The third-order valence-corrected chi connectivity index (χ3v) is 4.87. The summed E-state index contributed by atoms with van der Waals surface area (Å²) >= 11 is 0. The Morgan fingerprint density at radius 3 is 2.55 bits per heavy atom. The highest BCUT2D eigenvalue weighted by Crippen LogP contribution is 2.17. The van der Waals surface area contributed by atoms with E-state index < -0.39 is 11.2 Å².